The van der Waals surface area contributed by atoms with Gasteiger partial charge >= 0.3 is 0 Å². The van der Waals surface area contributed by atoms with Crippen LogP contribution in [0, 0.1) is 5.92 Å². The van der Waals surface area contributed by atoms with Crippen LogP contribution in [0.5, 0.6) is 11.5 Å². The molecule has 2 fully saturated rings. The van der Waals surface area contributed by atoms with Crippen molar-refractivity contribution in [3.63, 3.8) is 0 Å². The van der Waals surface area contributed by atoms with E-state index in [4.69, 9.17) is 9.47 Å². The summed E-state index contributed by atoms with van der Waals surface area (Å²) in [6.45, 7) is 1.55. The zero-order valence-electron chi connectivity index (χ0n) is 16.6. The summed E-state index contributed by atoms with van der Waals surface area (Å²) in [6.07, 6.45) is 3.16. The van der Waals surface area contributed by atoms with Crippen LogP contribution in [0.2, 0.25) is 0 Å². The molecule has 2 aliphatic heterocycles. The van der Waals surface area contributed by atoms with Gasteiger partial charge in [-0.1, -0.05) is 30.3 Å². The van der Waals surface area contributed by atoms with Crippen molar-refractivity contribution in [1.29, 1.82) is 0 Å². The Kier molecular flexibility index (Phi) is 5.53. The molecule has 3 atom stereocenters. The Labute approximate surface area is 166 Å². The summed E-state index contributed by atoms with van der Waals surface area (Å²) < 4.78 is 10.7. The fourth-order valence-corrected chi connectivity index (χ4v) is 4.76. The highest BCUT2D eigenvalue weighted by Gasteiger charge is 2.46. The molecular weight excluding hydrogens is 352 g/mol. The molecule has 28 heavy (non-hydrogen) atoms. The average molecular weight is 380 g/mol. The number of hydrogen-bond acceptors (Lipinski definition) is 4. The smallest absolute Gasteiger partial charge is 0.225 e. The number of nitrogens with one attached hydrogen (secondary N) is 1. The van der Waals surface area contributed by atoms with Crippen LogP contribution < -0.4 is 14.8 Å². The van der Waals surface area contributed by atoms with Gasteiger partial charge in [-0.05, 0) is 43.5 Å². The molecule has 4 rings (SSSR count). The molecule has 0 spiro atoms. The largest absolute Gasteiger partial charge is 0.497 e. The van der Waals surface area contributed by atoms with Gasteiger partial charge in [0.25, 0.3) is 0 Å². The first-order valence-electron chi connectivity index (χ1n) is 10.0. The maximum Gasteiger partial charge on any atom is 0.225 e. The molecule has 0 saturated carbocycles. The molecule has 2 heterocycles. The van der Waals surface area contributed by atoms with Crippen molar-refractivity contribution >= 4 is 5.91 Å². The third-order valence-electron chi connectivity index (χ3n) is 6.15. The van der Waals surface area contributed by atoms with Gasteiger partial charge in [0, 0.05) is 30.3 Å². The van der Waals surface area contributed by atoms with E-state index in [1.165, 1.54) is 12.0 Å². The summed E-state index contributed by atoms with van der Waals surface area (Å²) in [4.78, 5) is 15.6. The molecule has 0 aliphatic carbocycles. The van der Waals surface area contributed by atoms with Crippen LogP contribution in [0.3, 0.4) is 0 Å². The van der Waals surface area contributed by atoms with Gasteiger partial charge in [0.1, 0.15) is 11.5 Å². The first-order valence-corrected chi connectivity index (χ1v) is 10.0. The van der Waals surface area contributed by atoms with Crippen molar-refractivity contribution in [2.75, 3.05) is 20.8 Å². The fourth-order valence-electron chi connectivity index (χ4n) is 4.76. The second-order valence-electron chi connectivity index (χ2n) is 7.61. The van der Waals surface area contributed by atoms with Gasteiger partial charge in [-0.15, -0.1) is 0 Å². The molecule has 2 aromatic rings. The van der Waals surface area contributed by atoms with Crippen molar-refractivity contribution in [1.82, 2.24) is 10.2 Å². The van der Waals surface area contributed by atoms with Crippen LogP contribution in [-0.4, -0.2) is 37.6 Å². The molecule has 148 valence electrons. The summed E-state index contributed by atoms with van der Waals surface area (Å²) in [5.74, 6) is 1.66. The second-order valence-corrected chi connectivity index (χ2v) is 7.61. The van der Waals surface area contributed by atoms with Gasteiger partial charge in [0.15, 0.2) is 0 Å². The lowest BCUT2D eigenvalue weighted by atomic mass is 9.93. The highest BCUT2D eigenvalue weighted by atomic mass is 16.5. The van der Waals surface area contributed by atoms with Gasteiger partial charge in [-0.2, -0.15) is 0 Å². The molecule has 2 aliphatic rings. The van der Waals surface area contributed by atoms with E-state index in [1.54, 1.807) is 14.2 Å². The molecule has 0 bridgehead atoms. The van der Waals surface area contributed by atoms with Crippen molar-refractivity contribution < 1.29 is 14.3 Å². The van der Waals surface area contributed by atoms with E-state index < -0.39 is 0 Å². The van der Waals surface area contributed by atoms with Crippen molar-refractivity contribution in [2.24, 2.45) is 5.92 Å². The molecule has 2 aromatic carbocycles. The summed E-state index contributed by atoms with van der Waals surface area (Å²) >= 11 is 0. The van der Waals surface area contributed by atoms with Gasteiger partial charge < -0.3 is 14.8 Å². The maximum absolute atomic E-state index is 13.1. The van der Waals surface area contributed by atoms with E-state index in [1.807, 2.05) is 24.3 Å². The average Bonchev–Trinajstić information content (AvgIpc) is 3.35. The molecule has 5 heteroatoms. The Bertz CT molecular complexity index is 824. The Morgan fingerprint density at radius 2 is 1.96 bits per heavy atom. The SMILES string of the molecule is COc1ccc(CNC(=O)[C@@H]2C[C@H](c3ccccc3)N3CCC[C@@H]23)c(OC)c1. The fraction of sp³-hybridized carbons (Fsp3) is 0.435. The third kappa shape index (κ3) is 3.59. The molecule has 0 aromatic heterocycles. The van der Waals surface area contributed by atoms with E-state index in [0.29, 0.717) is 18.6 Å². The minimum absolute atomic E-state index is 0.0388. The van der Waals surface area contributed by atoms with Crippen LogP contribution in [0.4, 0.5) is 0 Å². The van der Waals surface area contributed by atoms with E-state index in [9.17, 15) is 4.79 Å². The number of carbonyl (C=O) groups excluding carboxylic acids is 1. The van der Waals surface area contributed by atoms with E-state index in [2.05, 4.69) is 34.5 Å². The van der Waals surface area contributed by atoms with Gasteiger partial charge in [0.2, 0.25) is 5.91 Å². The topological polar surface area (TPSA) is 50.8 Å². The number of nitrogens with zero attached hydrogens (tertiary/aromatic N) is 1. The highest BCUT2D eigenvalue weighted by Crippen LogP contribution is 2.44. The number of carbonyl (C=O) groups is 1. The molecular formula is C23H28N2O3. The van der Waals surface area contributed by atoms with Gasteiger partial charge in [-0.3, -0.25) is 9.69 Å². The highest BCUT2D eigenvalue weighted by molar-refractivity contribution is 5.80. The normalized spacial score (nSPS) is 24.0. The first-order chi connectivity index (χ1) is 13.7. The monoisotopic (exact) mass is 380 g/mol. The quantitative estimate of drug-likeness (QED) is 0.833. The number of methoxy groups -OCH3 is 2. The number of hydrogen-bond donors (Lipinski definition) is 1. The lowest BCUT2D eigenvalue weighted by molar-refractivity contribution is -0.125. The first kappa shape index (κ1) is 18.8. The molecule has 1 amide bonds. The van der Waals surface area contributed by atoms with Crippen LogP contribution in [0.15, 0.2) is 48.5 Å². The summed E-state index contributed by atoms with van der Waals surface area (Å²) in [5, 5.41) is 3.15. The maximum atomic E-state index is 13.1. The van der Waals surface area contributed by atoms with Crippen LogP contribution in [0.25, 0.3) is 0 Å². The predicted octanol–water partition coefficient (Wildman–Crippen LogP) is 3.55. The van der Waals surface area contributed by atoms with E-state index >= 15 is 0 Å². The van der Waals surface area contributed by atoms with Crippen LogP contribution in [-0.2, 0) is 11.3 Å². The molecule has 5 nitrogen and oxygen atoms in total. The molecule has 1 N–H and O–H groups in total. The Hall–Kier alpha value is -2.53. The molecule has 0 unspecified atom stereocenters. The Morgan fingerprint density at radius 1 is 1.14 bits per heavy atom. The standard InChI is InChI=1S/C23H28N2O3/c1-27-18-11-10-17(22(13-18)28-2)15-24-23(26)19-14-21(16-7-4-3-5-8-16)25-12-6-9-20(19)25/h3-5,7-8,10-11,13,19-21H,6,9,12,14-15H2,1-2H3,(H,24,26)/t19-,20+,21-/m1/s1. The lowest BCUT2D eigenvalue weighted by Gasteiger charge is -2.24. The lowest BCUT2D eigenvalue weighted by Crippen LogP contribution is -2.37. The summed E-state index contributed by atoms with van der Waals surface area (Å²) in [6, 6.07) is 17.0. The number of ether oxygens (including phenoxy) is 2. The van der Waals surface area contributed by atoms with Crippen molar-refractivity contribution in [3.05, 3.63) is 59.7 Å². The van der Waals surface area contributed by atoms with Crippen LogP contribution >= 0.6 is 0 Å². The number of benzene rings is 2. The zero-order chi connectivity index (χ0) is 19.5. The minimum atomic E-state index is 0.0388. The Balaban J connectivity index is 1.45. The van der Waals surface area contributed by atoms with E-state index in [-0.39, 0.29) is 11.8 Å². The Morgan fingerprint density at radius 3 is 2.71 bits per heavy atom. The molecule has 2 saturated heterocycles. The summed E-state index contributed by atoms with van der Waals surface area (Å²) in [5.41, 5.74) is 2.28. The number of fused-ring (bicyclic) bond motifs is 1. The summed E-state index contributed by atoms with van der Waals surface area (Å²) in [7, 11) is 3.27. The van der Waals surface area contributed by atoms with E-state index in [0.717, 1.165) is 36.4 Å². The van der Waals surface area contributed by atoms with Crippen molar-refractivity contribution in [3.8, 4) is 11.5 Å². The third-order valence-corrected chi connectivity index (χ3v) is 6.15. The molecule has 0 radical (unpaired) electrons. The van der Waals surface area contributed by atoms with Crippen LogP contribution in [0.1, 0.15) is 36.4 Å². The van der Waals surface area contributed by atoms with Gasteiger partial charge in [0.05, 0.1) is 20.1 Å². The predicted molar refractivity (Wildman–Crippen MR) is 108 cm³/mol. The minimum Gasteiger partial charge on any atom is -0.497 e. The number of rotatable bonds is 6. The van der Waals surface area contributed by atoms with Crippen molar-refractivity contribution in [2.45, 2.75) is 37.9 Å². The second kappa shape index (κ2) is 8.23. The van der Waals surface area contributed by atoms with Gasteiger partial charge in [-0.25, -0.2) is 0 Å². The number of amides is 1. The zero-order valence-corrected chi connectivity index (χ0v) is 16.6.